The molecule has 3 atom stereocenters. The van der Waals surface area contributed by atoms with E-state index in [0.29, 0.717) is 29.2 Å². The number of benzene rings is 1. The van der Waals surface area contributed by atoms with Crippen LogP contribution < -0.4 is 15.4 Å². The van der Waals surface area contributed by atoms with E-state index in [0.717, 1.165) is 32.1 Å². The van der Waals surface area contributed by atoms with Crippen LogP contribution >= 0.6 is 34.8 Å². The van der Waals surface area contributed by atoms with Crippen molar-refractivity contribution in [2.24, 2.45) is 34.8 Å². The average molecular weight is 578 g/mol. The van der Waals surface area contributed by atoms with Crippen LogP contribution in [0.3, 0.4) is 0 Å². The first kappa shape index (κ1) is 26.4. The molecule has 5 aliphatic rings. The molecule has 1 heterocycles. The Morgan fingerprint density at radius 3 is 2.28 bits per heavy atom. The van der Waals surface area contributed by atoms with Crippen molar-refractivity contribution in [1.29, 1.82) is 0 Å². The summed E-state index contributed by atoms with van der Waals surface area (Å²) in [7, 11) is -4.05. The number of nitrogens with one attached hydrogen (secondary N) is 1. The van der Waals surface area contributed by atoms with E-state index in [-0.39, 0.29) is 64.6 Å². The number of nitrogens with two attached hydrogens (primary N) is 1. The lowest BCUT2D eigenvalue weighted by molar-refractivity contribution is -0.134. The number of amides is 2. The van der Waals surface area contributed by atoms with Crippen molar-refractivity contribution in [3.8, 4) is 0 Å². The average Bonchev–Trinajstić information content (AvgIpc) is 2.72. The SMILES string of the molecule is C[C@@H]1CN(CC(=O)NC2C3CC4CC2CC(CC(N)=O)(C4)C3)S(=O)(=O)N(c2c(Cl)cc(Cl)cc2Cl)C1. The first-order valence-corrected chi connectivity index (χ1v) is 14.9. The Morgan fingerprint density at radius 2 is 1.69 bits per heavy atom. The fraction of sp³-hybridized carbons (Fsp3) is 0.667. The van der Waals surface area contributed by atoms with Crippen molar-refractivity contribution in [1.82, 2.24) is 9.62 Å². The van der Waals surface area contributed by atoms with Crippen LogP contribution in [0.1, 0.15) is 45.4 Å². The third kappa shape index (κ3) is 4.82. The van der Waals surface area contributed by atoms with Gasteiger partial charge in [0.05, 0.1) is 22.3 Å². The molecule has 4 aliphatic carbocycles. The Labute approximate surface area is 227 Å². The van der Waals surface area contributed by atoms with Gasteiger partial charge < -0.3 is 11.1 Å². The molecule has 0 radical (unpaired) electrons. The maximum atomic E-state index is 13.5. The minimum atomic E-state index is -4.05. The second kappa shape index (κ2) is 9.49. The lowest BCUT2D eigenvalue weighted by Gasteiger charge is -2.60. The van der Waals surface area contributed by atoms with Gasteiger partial charge in [0, 0.05) is 30.6 Å². The number of carbonyl (C=O) groups excluding carboxylic acids is 2. The van der Waals surface area contributed by atoms with Crippen LogP contribution in [-0.4, -0.2) is 50.2 Å². The van der Waals surface area contributed by atoms with E-state index in [1.54, 1.807) is 0 Å². The summed E-state index contributed by atoms with van der Waals surface area (Å²) in [4.78, 5) is 24.9. The molecule has 5 fully saturated rings. The van der Waals surface area contributed by atoms with Gasteiger partial charge in [-0.3, -0.25) is 13.9 Å². The number of anilines is 1. The lowest BCUT2D eigenvalue weighted by Crippen LogP contribution is -2.61. The molecule has 0 spiro atoms. The van der Waals surface area contributed by atoms with Gasteiger partial charge >= 0.3 is 10.2 Å². The van der Waals surface area contributed by atoms with Gasteiger partial charge in [0.15, 0.2) is 0 Å². The Hall–Kier alpha value is -1.26. The zero-order valence-corrected chi connectivity index (χ0v) is 23.1. The number of primary amides is 1. The number of hydrogen-bond acceptors (Lipinski definition) is 4. The molecule has 8 nitrogen and oxygen atoms in total. The molecule has 3 N–H and O–H groups in total. The van der Waals surface area contributed by atoms with Gasteiger partial charge in [-0.25, -0.2) is 0 Å². The van der Waals surface area contributed by atoms with Gasteiger partial charge in [0.25, 0.3) is 0 Å². The molecule has 1 aromatic carbocycles. The van der Waals surface area contributed by atoms with Gasteiger partial charge in [-0.2, -0.15) is 12.7 Å². The summed E-state index contributed by atoms with van der Waals surface area (Å²) in [5.74, 6) is 0.522. The van der Waals surface area contributed by atoms with Gasteiger partial charge in [-0.1, -0.05) is 41.7 Å². The maximum Gasteiger partial charge on any atom is 0.304 e. The molecule has 1 aromatic rings. The summed E-state index contributed by atoms with van der Waals surface area (Å²) in [6, 6.07) is 2.90. The number of hydrogen-bond donors (Lipinski definition) is 2. The monoisotopic (exact) mass is 576 g/mol. The molecular formula is C24H31Cl3N4O4S. The van der Waals surface area contributed by atoms with Crippen LogP contribution in [0.2, 0.25) is 15.1 Å². The minimum Gasteiger partial charge on any atom is -0.370 e. The zero-order valence-electron chi connectivity index (χ0n) is 20.1. The third-order valence-corrected chi connectivity index (χ3v) is 11.0. The molecule has 198 valence electrons. The van der Waals surface area contributed by atoms with Gasteiger partial charge in [0.1, 0.15) is 0 Å². The number of halogens is 3. The van der Waals surface area contributed by atoms with E-state index in [1.807, 2.05) is 6.92 Å². The highest BCUT2D eigenvalue weighted by molar-refractivity contribution is 7.90. The minimum absolute atomic E-state index is 0.00349. The molecule has 1 aliphatic heterocycles. The highest BCUT2D eigenvalue weighted by atomic mass is 35.5. The van der Waals surface area contributed by atoms with Crippen molar-refractivity contribution >= 4 is 62.5 Å². The Morgan fingerprint density at radius 1 is 1.08 bits per heavy atom. The standard InChI is InChI=1S/C24H31Cl3N4O4S/c1-13-10-30(36(34,35)31(11-13)23-18(26)4-17(25)5-19(23)27)12-21(33)29-22-15-2-14-3-16(22)8-24(6-14,7-15)9-20(28)32/h4-5,13-16,22H,2-3,6-12H2,1H3,(H2,28,32)(H,29,33)/t13-,14?,15?,16?,22?,24?/m1/s1. The van der Waals surface area contributed by atoms with E-state index in [9.17, 15) is 18.0 Å². The predicted octanol–water partition coefficient (Wildman–Crippen LogP) is 3.84. The highest BCUT2D eigenvalue weighted by Crippen LogP contribution is 2.61. The zero-order chi connectivity index (χ0) is 26.0. The van der Waals surface area contributed by atoms with Crippen molar-refractivity contribution < 1.29 is 18.0 Å². The fourth-order valence-electron chi connectivity index (χ4n) is 7.55. The summed E-state index contributed by atoms with van der Waals surface area (Å²) >= 11 is 18.7. The Kier molecular flexibility index (Phi) is 6.94. The number of nitrogens with zero attached hydrogens (tertiary/aromatic N) is 2. The summed E-state index contributed by atoms with van der Waals surface area (Å²) in [6.45, 7) is 2.05. The summed E-state index contributed by atoms with van der Waals surface area (Å²) in [5.41, 5.74) is 5.68. The molecule has 2 unspecified atom stereocenters. The van der Waals surface area contributed by atoms with Crippen molar-refractivity contribution in [2.45, 2.75) is 51.5 Å². The van der Waals surface area contributed by atoms with E-state index >= 15 is 0 Å². The van der Waals surface area contributed by atoms with Crippen molar-refractivity contribution in [3.05, 3.63) is 27.2 Å². The molecule has 12 heteroatoms. The molecule has 4 saturated carbocycles. The van der Waals surface area contributed by atoms with E-state index < -0.39 is 10.2 Å². The van der Waals surface area contributed by atoms with E-state index in [1.165, 1.54) is 20.7 Å². The normalized spacial score (nSPS) is 35.1. The first-order valence-electron chi connectivity index (χ1n) is 12.4. The molecular weight excluding hydrogens is 547 g/mol. The topological polar surface area (TPSA) is 113 Å². The smallest absolute Gasteiger partial charge is 0.304 e. The van der Waals surface area contributed by atoms with Crippen LogP contribution in [0.4, 0.5) is 5.69 Å². The second-order valence-electron chi connectivity index (χ2n) is 11.4. The van der Waals surface area contributed by atoms with E-state index in [2.05, 4.69) is 5.32 Å². The van der Waals surface area contributed by atoms with Gasteiger partial charge in [-0.15, -0.1) is 0 Å². The molecule has 4 bridgehead atoms. The Bertz CT molecular complexity index is 1160. The first-order chi connectivity index (χ1) is 16.9. The maximum absolute atomic E-state index is 13.5. The molecule has 6 rings (SSSR count). The molecule has 1 saturated heterocycles. The fourth-order valence-corrected chi connectivity index (χ4v) is 10.5. The summed E-state index contributed by atoms with van der Waals surface area (Å²) in [6.07, 6.45) is 5.28. The van der Waals surface area contributed by atoms with Crippen molar-refractivity contribution in [3.63, 3.8) is 0 Å². The Balaban J connectivity index is 1.31. The van der Waals surface area contributed by atoms with Crippen LogP contribution in [-0.2, 0) is 19.8 Å². The summed E-state index contributed by atoms with van der Waals surface area (Å²) in [5, 5.41) is 3.74. The van der Waals surface area contributed by atoms with Crippen LogP contribution in [0.15, 0.2) is 12.1 Å². The van der Waals surface area contributed by atoms with Gasteiger partial charge in [-0.05, 0) is 73.3 Å². The van der Waals surface area contributed by atoms with E-state index in [4.69, 9.17) is 40.5 Å². The summed E-state index contributed by atoms with van der Waals surface area (Å²) < 4.78 is 29.5. The second-order valence-corrected chi connectivity index (χ2v) is 14.5. The molecule has 36 heavy (non-hydrogen) atoms. The molecule has 2 amide bonds. The number of carbonyl (C=O) groups is 2. The van der Waals surface area contributed by atoms with Crippen LogP contribution in [0.25, 0.3) is 0 Å². The molecule has 0 aromatic heterocycles. The predicted molar refractivity (Wildman–Crippen MR) is 140 cm³/mol. The van der Waals surface area contributed by atoms with Gasteiger partial charge in [0.2, 0.25) is 11.8 Å². The number of rotatable bonds is 6. The van der Waals surface area contributed by atoms with Crippen molar-refractivity contribution in [2.75, 3.05) is 23.9 Å². The quantitative estimate of drug-likeness (QED) is 0.535. The third-order valence-electron chi connectivity index (χ3n) is 8.43. The highest BCUT2D eigenvalue weighted by Gasteiger charge is 2.56. The largest absolute Gasteiger partial charge is 0.370 e. The van der Waals surface area contributed by atoms with Crippen LogP contribution in [0, 0.1) is 29.1 Å². The van der Waals surface area contributed by atoms with Crippen LogP contribution in [0.5, 0.6) is 0 Å². The lowest BCUT2D eigenvalue weighted by atomic mass is 9.47.